The highest BCUT2D eigenvalue weighted by molar-refractivity contribution is 5.69. The number of ether oxygens (including phenoxy) is 2. The summed E-state index contributed by atoms with van der Waals surface area (Å²) in [5.41, 5.74) is -1.00. The molecule has 0 heterocycles. The molecule has 8 rings (SSSR count). The van der Waals surface area contributed by atoms with E-state index in [1.165, 1.54) is 6.42 Å². The topological polar surface area (TPSA) is 116 Å². The number of carbonyl (C=O) groups excluding carboxylic acids is 1. The Bertz CT molecular complexity index is 1040. The van der Waals surface area contributed by atoms with Gasteiger partial charge in [0.25, 0.3) is 0 Å². The van der Waals surface area contributed by atoms with E-state index in [0.717, 1.165) is 83.5 Å². The lowest BCUT2D eigenvalue weighted by Crippen LogP contribution is -2.63. The van der Waals surface area contributed by atoms with Crippen molar-refractivity contribution in [2.75, 3.05) is 6.79 Å². The van der Waals surface area contributed by atoms with Crippen molar-refractivity contribution in [3.63, 3.8) is 0 Å². The quantitative estimate of drug-likeness (QED) is 0.241. The Balaban J connectivity index is 0.923. The van der Waals surface area contributed by atoms with E-state index in [9.17, 15) is 25.2 Å². The normalized spacial score (nSPS) is 56.0. The van der Waals surface area contributed by atoms with E-state index in [1.54, 1.807) is 0 Å². The molecule has 8 aliphatic carbocycles. The van der Waals surface area contributed by atoms with Crippen molar-refractivity contribution >= 4 is 5.97 Å². The maximum Gasteiger partial charge on any atom is 0.307 e. The average Bonchev–Trinajstić information content (AvgIpc) is 3.21. The van der Waals surface area contributed by atoms with Gasteiger partial charge in [-0.15, -0.1) is 0 Å². The molecule has 7 nitrogen and oxygen atoms in total. The van der Waals surface area contributed by atoms with Crippen LogP contribution in [-0.2, 0) is 14.3 Å². The fraction of sp³-hybridized carbons (Fsp3) is 0.971. The van der Waals surface area contributed by atoms with Crippen LogP contribution in [0.5, 0.6) is 0 Å². The number of fused-ring (bicyclic) bond motifs is 5. The number of hydrogen-bond donors (Lipinski definition) is 4. The first-order chi connectivity index (χ1) is 19.8. The van der Waals surface area contributed by atoms with Crippen molar-refractivity contribution in [2.45, 2.75) is 153 Å². The average molecular weight is 589 g/mol. The first kappa shape index (κ1) is 30.0. The van der Waals surface area contributed by atoms with E-state index in [1.807, 2.05) is 0 Å². The summed E-state index contributed by atoms with van der Waals surface area (Å²) in [4.78, 5) is 12.7. The molecule has 0 amide bonds. The molecule has 8 fully saturated rings. The molecule has 0 aromatic heterocycles. The number of carbonyl (C=O) groups is 1. The van der Waals surface area contributed by atoms with E-state index >= 15 is 0 Å². The third-order valence-electron chi connectivity index (χ3n) is 14.7. The second kappa shape index (κ2) is 10.1. The van der Waals surface area contributed by atoms with Crippen molar-refractivity contribution in [3.05, 3.63) is 0 Å². The molecular weight excluding hydrogens is 532 g/mol. The third kappa shape index (κ3) is 4.73. The van der Waals surface area contributed by atoms with Gasteiger partial charge in [-0.25, -0.2) is 0 Å². The molecule has 8 saturated carbocycles. The molecule has 4 N–H and O–H groups in total. The van der Waals surface area contributed by atoms with Gasteiger partial charge >= 0.3 is 5.97 Å². The fourth-order valence-corrected chi connectivity index (χ4v) is 13.5. The summed E-state index contributed by atoms with van der Waals surface area (Å²) < 4.78 is 11.8. The molecule has 0 saturated heterocycles. The van der Waals surface area contributed by atoms with Crippen LogP contribution >= 0.6 is 0 Å². The van der Waals surface area contributed by atoms with Crippen LogP contribution in [0.25, 0.3) is 0 Å². The van der Waals surface area contributed by atoms with E-state index in [2.05, 4.69) is 20.8 Å². The maximum absolute atomic E-state index is 12.7. The Hall–Kier alpha value is -0.730. The van der Waals surface area contributed by atoms with Crippen molar-refractivity contribution < 1.29 is 34.7 Å². The van der Waals surface area contributed by atoms with Gasteiger partial charge in [0.1, 0.15) is 0 Å². The molecule has 8 aliphatic rings. The first-order valence-corrected chi connectivity index (χ1v) is 17.3. The summed E-state index contributed by atoms with van der Waals surface area (Å²) >= 11 is 0. The summed E-state index contributed by atoms with van der Waals surface area (Å²) in [6, 6.07) is 0. The number of rotatable bonds is 7. The summed E-state index contributed by atoms with van der Waals surface area (Å²) in [6.45, 7) is 6.87. The molecule has 14 atom stereocenters. The van der Waals surface area contributed by atoms with Crippen molar-refractivity contribution in [1.29, 1.82) is 0 Å². The monoisotopic (exact) mass is 588 g/mol. The zero-order valence-electron chi connectivity index (χ0n) is 26.2. The smallest absolute Gasteiger partial charge is 0.307 e. The van der Waals surface area contributed by atoms with Crippen LogP contribution in [0.4, 0.5) is 0 Å². The van der Waals surface area contributed by atoms with Crippen molar-refractivity contribution in [3.8, 4) is 0 Å². The highest BCUT2D eigenvalue weighted by Crippen LogP contribution is 2.68. The lowest BCUT2D eigenvalue weighted by atomic mass is 9.43. The van der Waals surface area contributed by atoms with Gasteiger partial charge in [0.2, 0.25) is 0 Å². The highest BCUT2D eigenvalue weighted by atomic mass is 16.7. The zero-order valence-corrected chi connectivity index (χ0v) is 26.2. The SMILES string of the molecule is CC12CC3CC(O)(C1)CC(OCOC(=O)CCCC1CCC4C5C(C[C@H](O)[C@]14C)[C@@]1(C)CC[C@@H](O)CC1C[C@H]5O)(C3)C2. The maximum atomic E-state index is 12.7. The first-order valence-electron chi connectivity index (χ1n) is 17.3. The van der Waals surface area contributed by atoms with E-state index in [4.69, 9.17) is 9.47 Å². The predicted octanol–water partition coefficient (Wildman–Crippen LogP) is 5.11. The van der Waals surface area contributed by atoms with Crippen LogP contribution in [0, 0.1) is 51.8 Å². The Morgan fingerprint density at radius 3 is 2.48 bits per heavy atom. The molecule has 4 bridgehead atoms. The van der Waals surface area contributed by atoms with Gasteiger partial charge in [-0.05, 0) is 142 Å². The largest absolute Gasteiger partial charge is 0.438 e. The molecule has 238 valence electrons. The van der Waals surface area contributed by atoms with Crippen LogP contribution in [0.1, 0.15) is 124 Å². The summed E-state index contributed by atoms with van der Waals surface area (Å²) in [5.74, 6) is 1.76. The minimum absolute atomic E-state index is 0.0304. The van der Waals surface area contributed by atoms with Gasteiger partial charge in [0, 0.05) is 12.8 Å². The number of aliphatic hydroxyl groups excluding tert-OH is 3. The van der Waals surface area contributed by atoms with Crippen LogP contribution in [0.2, 0.25) is 0 Å². The van der Waals surface area contributed by atoms with E-state index in [0.29, 0.717) is 42.4 Å². The molecule has 42 heavy (non-hydrogen) atoms. The van der Waals surface area contributed by atoms with Crippen LogP contribution < -0.4 is 0 Å². The number of aliphatic hydroxyl groups is 4. The minimum atomic E-state index is -0.622. The molecule has 9 unspecified atom stereocenters. The van der Waals surface area contributed by atoms with Gasteiger partial charge in [-0.2, -0.15) is 0 Å². The lowest BCUT2D eigenvalue weighted by molar-refractivity contribution is -0.262. The third-order valence-corrected chi connectivity index (χ3v) is 14.7. The molecule has 0 aromatic rings. The van der Waals surface area contributed by atoms with Gasteiger partial charge in [-0.3, -0.25) is 4.79 Å². The summed E-state index contributed by atoms with van der Waals surface area (Å²) in [5, 5.41) is 44.6. The molecule has 0 aromatic carbocycles. The van der Waals surface area contributed by atoms with E-state index < -0.39 is 11.7 Å². The molecule has 0 spiro atoms. The molecule has 0 aliphatic heterocycles. The van der Waals surface area contributed by atoms with Crippen molar-refractivity contribution in [2.24, 2.45) is 51.8 Å². The minimum Gasteiger partial charge on any atom is -0.438 e. The Labute approximate surface area is 252 Å². The van der Waals surface area contributed by atoms with Gasteiger partial charge in [-0.1, -0.05) is 20.8 Å². The Kier molecular flexibility index (Phi) is 7.23. The second-order valence-electron chi connectivity index (χ2n) is 17.5. The van der Waals surface area contributed by atoms with Crippen molar-refractivity contribution in [1.82, 2.24) is 0 Å². The van der Waals surface area contributed by atoms with Gasteiger partial charge in [0.15, 0.2) is 6.79 Å². The molecular formula is C35H56O7. The fourth-order valence-electron chi connectivity index (χ4n) is 13.5. The van der Waals surface area contributed by atoms with Crippen LogP contribution in [0.3, 0.4) is 0 Å². The van der Waals surface area contributed by atoms with E-state index in [-0.39, 0.29) is 52.7 Å². The highest BCUT2D eigenvalue weighted by Gasteiger charge is 2.65. The second-order valence-corrected chi connectivity index (χ2v) is 17.5. The zero-order chi connectivity index (χ0) is 29.7. The van der Waals surface area contributed by atoms with Crippen LogP contribution in [-0.4, -0.2) is 62.7 Å². The Morgan fingerprint density at radius 1 is 0.905 bits per heavy atom. The molecule has 0 radical (unpaired) electrons. The summed E-state index contributed by atoms with van der Waals surface area (Å²) in [7, 11) is 0. The lowest BCUT2D eigenvalue weighted by Gasteiger charge is -2.63. The molecule has 7 heteroatoms. The summed E-state index contributed by atoms with van der Waals surface area (Å²) in [6.07, 6.45) is 12.6. The standard InChI is InChI=1S/C35H56O7/c1-31-14-21-15-34(40,17-31)19-35(16-21,18-31)42-20-41-29(39)6-4-5-22-7-8-25-30-26(13-28(38)33(22,25)3)32(2)10-9-24(36)11-23(32)12-27(30)37/h21-28,30,36-38,40H,4-20H2,1-3H3/t21?,22?,23?,24-,25?,26?,27-,28+,30?,31?,32+,33-,34?,35?/m1/s1. The van der Waals surface area contributed by atoms with Gasteiger partial charge < -0.3 is 29.9 Å². The van der Waals surface area contributed by atoms with Crippen LogP contribution in [0.15, 0.2) is 0 Å². The number of hydrogen-bond acceptors (Lipinski definition) is 7. The predicted molar refractivity (Wildman–Crippen MR) is 157 cm³/mol. The van der Waals surface area contributed by atoms with Gasteiger partial charge in [0.05, 0.1) is 29.5 Å². The Morgan fingerprint density at radius 2 is 1.71 bits per heavy atom. The number of esters is 1.